The first-order valence-corrected chi connectivity index (χ1v) is 8.30. The average Bonchev–Trinajstić information content (AvgIpc) is 2.54. The zero-order chi connectivity index (χ0) is 17.2. The fraction of sp³-hybridized carbons (Fsp3) is 0.938. The lowest BCUT2D eigenvalue weighted by atomic mass is 10.1. The van der Waals surface area contributed by atoms with Crippen LogP contribution in [-0.2, 0) is 28.5 Å². The first-order chi connectivity index (χ1) is 11.2. The van der Waals surface area contributed by atoms with Crippen LogP contribution in [0.3, 0.4) is 0 Å². The predicted molar refractivity (Wildman–Crippen MR) is 87.6 cm³/mol. The maximum Gasteiger partial charge on any atom is 0.137 e. The molecule has 0 fully saturated rings. The summed E-state index contributed by atoms with van der Waals surface area (Å²) in [5.74, 6) is 0.307. The molecule has 0 radical (unpaired) electrons. The van der Waals surface area contributed by atoms with E-state index in [1.54, 1.807) is 0 Å². The van der Waals surface area contributed by atoms with Crippen LogP contribution >= 0.6 is 0 Å². The molecule has 0 aliphatic carbocycles. The molecule has 0 saturated carbocycles. The molecule has 23 heavy (non-hydrogen) atoms. The van der Waals surface area contributed by atoms with Crippen LogP contribution in [0.25, 0.3) is 0 Å². The van der Waals surface area contributed by atoms with Crippen molar-refractivity contribution in [3.8, 4) is 0 Å². The Morgan fingerprint density at radius 3 is 1.39 bits per heavy atom. The first kappa shape index (κ1) is 22.4. The number of nitrogens with two attached hydrogens (primary N) is 1. The molecular weight excluding hydrogens is 302 g/mol. The summed E-state index contributed by atoms with van der Waals surface area (Å²) in [6.07, 6.45) is 0.470. The van der Waals surface area contributed by atoms with Gasteiger partial charge in [-0.3, -0.25) is 4.79 Å². The summed E-state index contributed by atoms with van der Waals surface area (Å²) in [4.78, 5) is 11.3. The highest BCUT2D eigenvalue weighted by molar-refractivity contribution is 5.80. The summed E-state index contributed by atoms with van der Waals surface area (Å²) in [5, 5.41) is 0. The predicted octanol–water partition coefficient (Wildman–Crippen LogP) is 0.643. The van der Waals surface area contributed by atoms with Crippen LogP contribution in [0.5, 0.6) is 0 Å². The zero-order valence-electron chi connectivity index (χ0n) is 14.6. The summed E-state index contributed by atoms with van der Waals surface area (Å²) in [5.41, 5.74) is 5.29. The van der Waals surface area contributed by atoms with Crippen molar-refractivity contribution in [1.82, 2.24) is 0 Å². The minimum absolute atomic E-state index is 0.0782. The van der Waals surface area contributed by atoms with Gasteiger partial charge in [-0.25, -0.2) is 0 Å². The van der Waals surface area contributed by atoms with E-state index in [0.29, 0.717) is 79.0 Å². The average molecular weight is 335 g/mol. The minimum Gasteiger partial charge on any atom is -0.379 e. The molecule has 0 aliphatic rings. The standard InChI is InChI=1S/C16H33NO6/c1-15(2)16(18)3-5-19-7-9-21-11-13-23-14-12-22-10-8-20-6-4-17/h15H,3-14,17H2,1-2H3. The Bertz CT molecular complexity index is 263. The Kier molecular flexibility index (Phi) is 17.3. The van der Waals surface area contributed by atoms with Gasteiger partial charge in [0, 0.05) is 18.9 Å². The molecular formula is C16H33NO6. The number of hydrogen-bond acceptors (Lipinski definition) is 7. The summed E-state index contributed by atoms with van der Waals surface area (Å²) >= 11 is 0. The first-order valence-electron chi connectivity index (χ1n) is 8.30. The normalized spacial score (nSPS) is 11.3. The fourth-order valence-corrected chi connectivity index (χ4v) is 1.53. The molecule has 0 aromatic heterocycles. The second-order valence-electron chi connectivity index (χ2n) is 5.22. The van der Waals surface area contributed by atoms with Crippen LogP contribution in [0.2, 0.25) is 0 Å². The van der Waals surface area contributed by atoms with E-state index in [9.17, 15) is 4.79 Å². The SMILES string of the molecule is CC(C)C(=O)CCOCCOCCOCCOCCOCCN. The molecule has 7 nitrogen and oxygen atoms in total. The molecule has 0 bridgehead atoms. The summed E-state index contributed by atoms with van der Waals surface area (Å²) in [7, 11) is 0. The van der Waals surface area contributed by atoms with Crippen molar-refractivity contribution in [2.75, 3.05) is 72.6 Å². The monoisotopic (exact) mass is 335 g/mol. The molecule has 2 N–H and O–H groups in total. The van der Waals surface area contributed by atoms with Crippen molar-refractivity contribution in [2.24, 2.45) is 11.7 Å². The fourth-order valence-electron chi connectivity index (χ4n) is 1.53. The number of ketones is 1. The maximum atomic E-state index is 11.3. The summed E-state index contributed by atoms with van der Waals surface area (Å²) in [6.45, 7) is 9.59. The Balaban J connectivity index is 3.04. The van der Waals surface area contributed by atoms with Crippen molar-refractivity contribution < 1.29 is 28.5 Å². The van der Waals surface area contributed by atoms with Gasteiger partial charge in [-0.05, 0) is 0 Å². The quantitative estimate of drug-likeness (QED) is 0.368. The highest BCUT2D eigenvalue weighted by Gasteiger charge is 2.05. The van der Waals surface area contributed by atoms with Gasteiger partial charge in [-0.2, -0.15) is 0 Å². The second kappa shape index (κ2) is 17.8. The molecule has 0 atom stereocenters. The smallest absolute Gasteiger partial charge is 0.137 e. The molecule has 0 heterocycles. The number of ether oxygens (including phenoxy) is 5. The summed E-state index contributed by atoms with van der Waals surface area (Å²) < 4.78 is 26.5. The van der Waals surface area contributed by atoms with Crippen LogP contribution in [0.1, 0.15) is 20.3 Å². The lowest BCUT2D eigenvalue weighted by molar-refractivity contribution is -0.123. The minimum atomic E-state index is 0.0782. The van der Waals surface area contributed by atoms with Crippen LogP contribution in [0.15, 0.2) is 0 Å². The largest absolute Gasteiger partial charge is 0.379 e. The lowest BCUT2D eigenvalue weighted by Gasteiger charge is -2.08. The third-order valence-electron chi connectivity index (χ3n) is 2.89. The van der Waals surface area contributed by atoms with Gasteiger partial charge in [-0.15, -0.1) is 0 Å². The van der Waals surface area contributed by atoms with Crippen molar-refractivity contribution in [1.29, 1.82) is 0 Å². The van der Waals surface area contributed by atoms with Gasteiger partial charge in [0.2, 0.25) is 0 Å². The Hall–Kier alpha value is -0.570. The van der Waals surface area contributed by atoms with Gasteiger partial charge in [0.15, 0.2) is 0 Å². The third kappa shape index (κ3) is 17.6. The second-order valence-corrected chi connectivity index (χ2v) is 5.22. The van der Waals surface area contributed by atoms with E-state index in [1.165, 1.54) is 0 Å². The molecule has 0 unspecified atom stereocenters. The van der Waals surface area contributed by atoms with Gasteiger partial charge < -0.3 is 29.4 Å². The van der Waals surface area contributed by atoms with Crippen LogP contribution in [0, 0.1) is 5.92 Å². The van der Waals surface area contributed by atoms with Crippen molar-refractivity contribution in [3.63, 3.8) is 0 Å². The summed E-state index contributed by atoms with van der Waals surface area (Å²) in [6, 6.07) is 0. The Morgan fingerprint density at radius 2 is 1.04 bits per heavy atom. The number of carbonyl (C=O) groups excluding carboxylic acids is 1. The third-order valence-corrected chi connectivity index (χ3v) is 2.89. The molecule has 0 saturated heterocycles. The topological polar surface area (TPSA) is 89.2 Å². The van der Waals surface area contributed by atoms with E-state index in [1.807, 2.05) is 13.8 Å². The van der Waals surface area contributed by atoms with E-state index in [2.05, 4.69) is 0 Å². The van der Waals surface area contributed by atoms with Crippen molar-refractivity contribution in [2.45, 2.75) is 20.3 Å². The van der Waals surface area contributed by atoms with E-state index >= 15 is 0 Å². The van der Waals surface area contributed by atoms with Crippen LogP contribution < -0.4 is 5.73 Å². The lowest BCUT2D eigenvalue weighted by Crippen LogP contribution is -2.15. The van der Waals surface area contributed by atoms with Gasteiger partial charge >= 0.3 is 0 Å². The van der Waals surface area contributed by atoms with Crippen LogP contribution in [0.4, 0.5) is 0 Å². The zero-order valence-corrected chi connectivity index (χ0v) is 14.6. The van der Waals surface area contributed by atoms with Crippen molar-refractivity contribution in [3.05, 3.63) is 0 Å². The number of carbonyl (C=O) groups is 1. The van der Waals surface area contributed by atoms with E-state index < -0.39 is 0 Å². The van der Waals surface area contributed by atoms with E-state index in [4.69, 9.17) is 29.4 Å². The van der Waals surface area contributed by atoms with Gasteiger partial charge in [0.25, 0.3) is 0 Å². The highest BCUT2D eigenvalue weighted by Crippen LogP contribution is 1.98. The molecule has 7 heteroatoms. The number of rotatable bonds is 18. The Morgan fingerprint density at radius 1 is 0.696 bits per heavy atom. The highest BCUT2D eigenvalue weighted by atomic mass is 16.6. The molecule has 0 spiro atoms. The molecule has 0 aliphatic heterocycles. The van der Waals surface area contributed by atoms with E-state index in [0.717, 1.165) is 0 Å². The van der Waals surface area contributed by atoms with Crippen LogP contribution in [-0.4, -0.2) is 78.4 Å². The van der Waals surface area contributed by atoms with Gasteiger partial charge in [0.1, 0.15) is 5.78 Å². The van der Waals surface area contributed by atoms with Gasteiger partial charge in [0.05, 0.1) is 66.1 Å². The molecule has 138 valence electrons. The maximum absolute atomic E-state index is 11.3. The number of hydrogen-bond donors (Lipinski definition) is 1. The molecule has 0 rings (SSSR count). The van der Waals surface area contributed by atoms with Gasteiger partial charge in [-0.1, -0.05) is 13.8 Å². The Labute approximate surface area is 139 Å². The molecule has 0 aromatic rings. The molecule has 0 amide bonds. The molecule has 0 aromatic carbocycles. The van der Waals surface area contributed by atoms with Crippen molar-refractivity contribution >= 4 is 5.78 Å². The number of Topliss-reactive ketones (excluding diaryl/α,β-unsaturated/α-hetero) is 1. The van der Waals surface area contributed by atoms with E-state index in [-0.39, 0.29) is 11.7 Å².